The van der Waals surface area contributed by atoms with Crippen LogP contribution in [0.4, 0.5) is 16.2 Å². The minimum Gasteiger partial charge on any atom is -0.383 e. The number of aryl methyl sites for hydroxylation is 1. The van der Waals surface area contributed by atoms with Crippen molar-refractivity contribution in [1.29, 1.82) is 0 Å². The lowest BCUT2D eigenvalue weighted by molar-refractivity contribution is 0.624. The molecule has 0 aliphatic heterocycles. The van der Waals surface area contributed by atoms with Crippen LogP contribution in [0.25, 0.3) is 11.0 Å². The average Bonchev–Trinajstić information content (AvgIpc) is 2.85. The summed E-state index contributed by atoms with van der Waals surface area (Å²) in [6, 6.07) is 2.30. The molecule has 0 aliphatic rings. The fourth-order valence-corrected chi connectivity index (χ4v) is 2.80. The van der Waals surface area contributed by atoms with E-state index in [9.17, 15) is 4.39 Å². The van der Waals surface area contributed by atoms with E-state index in [2.05, 4.69) is 20.4 Å². The summed E-state index contributed by atoms with van der Waals surface area (Å²) in [7, 11) is 1.76. The summed E-state index contributed by atoms with van der Waals surface area (Å²) >= 11 is 11.8. The number of nitrogens with zero attached hydrogens (tertiary/aromatic N) is 4. The van der Waals surface area contributed by atoms with Gasteiger partial charge in [0.1, 0.15) is 11.6 Å². The monoisotopic (exact) mass is 354 g/mol. The van der Waals surface area contributed by atoms with E-state index < -0.39 is 5.82 Å². The number of nitrogens with two attached hydrogens (primary N) is 1. The van der Waals surface area contributed by atoms with E-state index in [-0.39, 0.29) is 11.1 Å². The lowest BCUT2D eigenvalue weighted by Gasteiger charge is -2.16. The molecule has 6 nitrogen and oxygen atoms in total. The van der Waals surface area contributed by atoms with Gasteiger partial charge in [0.15, 0.2) is 5.65 Å². The van der Waals surface area contributed by atoms with Crippen LogP contribution in [0.3, 0.4) is 0 Å². The molecule has 120 valence electrons. The Balaban J connectivity index is 1.95. The molecule has 2 aromatic heterocycles. The molecular formula is C14H13Cl2FN6. The van der Waals surface area contributed by atoms with Crippen molar-refractivity contribution >= 4 is 46.0 Å². The van der Waals surface area contributed by atoms with E-state index in [1.807, 2.05) is 6.92 Å². The van der Waals surface area contributed by atoms with Gasteiger partial charge < -0.3 is 11.1 Å². The third-order valence-corrected chi connectivity index (χ3v) is 4.09. The van der Waals surface area contributed by atoms with E-state index in [0.717, 1.165) is 0 Å². The fourth-order valence-electron chi connectivity index (χ4n) is 2.25. The second-order valence-electron chi connectivity index (χ2n) is 5.09. The van der Waals surface area contributed by atoms with Crippen LogP contribution in [0, 0.1) is 5.82 Å². The summed E-state index contributed by atoms with van der Waals surface area (Å²) in [6.07, 6.45) is 1.60. The van der Waals surface area contributed by atoms with Crippen molar-refractivity contribution in [1.82, 2.24) is 19.7 Å². The van der Waals surface area contributed by atoms with Crippen LogP contribution in [0.1, 0.15) is 18.5 Å². The first-order chi connectivity index (χ1) is 10.9. The van der Waals surface area contributed by atoms with Crippen molar-refractivity contribution in [2.24, 2.45) is 7.05 Å². The van der Waals surface area contributed by atoms with Crippen LogP contribution in [0.2, 0.25) is 10.0 Å². The molecule has 3 N–H and O–H groups in total. The molecule has 3 rings (SSSR count). The molecule has 0 bridgehead atoms. The molecule has 0 saturated heterocycles. The Hall–Kier alpha value is -2.12. The highest BCUT2D eigenvalue weighted by Gasteiger charge is 2.16. The summed E-state index contributed by atoms with van der Waals surface area (Å²) in [5.74, 6) is 0.0749. The number of nitrogens with one attached hydrogen (secondary N) is 1. The molecular weight excluding hydrogens is 342 g/mol. The molecule has 0 radical (unpaired) electrons. The SMILES string of the molecule is CC(Nc1nc(N)c2cnn(C)c2n1)c1cc(F)c(Cl)cc1Cl. The van der Waals surface area contributed by atoms with Gasteiger partial charge in [-0.15, -0.1) is 0 Å². The van der Waals surface area contributed by atoms with Crippen molar-refractivity contribution in [3.05, 3.63) is 39.8 Å². The zero-order chi connectivity index (χ0) is 16.7. The van der Waals surface area contributed by atoms with Crippen molar-refractivity contribution < 1.29 is 4.39 Å². The normalized spacial score (nSPS) is 12.6. The maximum atomic E-state index is 13.7. The highest BCUT2D eigenvalue weighted by atomic mass is 35.5. The first kappa shape index (κ1) is 15.8. The lowest BCUT2D eigenvalue weighted by atomic mass is 10.1. The molecule has 3 aromatic rings. The van der Waals surface area contributed by atoms with Gasteiger partial charge in [-0.3, -0.25) is 4.68 Å². The number of aromatic nitrogens is 4. The van der Waals surface area contributed by atoms with Crippen molar-refractivity contribution in [3.63, 3.8) is 0 Å². The second kappa shape index (κ2) is 5.82. The topological polar surface area (TPSA) is 81.6 Å². The van der Waals surface area contributed by atoms with E-state index in [0.29, 0.717) is 33.4 Å². The van der Waals surface area contributed by atoms with Crippen LogP contribution in [0.15, 0.2) is 18.3 Å². The van der Waals surface area contributed by atoms with Gasteiger partial charge >= 0.3 is 0 Å². The summed E-state index contributed by atoms with van der Waals surface area (Å²) in [4.78, 5) is 8.56. The van der Waals surface area contributed by atoms with Crippen LogP contribution in [-0.4, -0.2) is 19.7 Å². The van der Waals surface area contributed by atoms with Gasteiger partial charge in [-0.1, -0.05) is 23.2 Å². The van der Waals surface area contributed by atoms with E-state index in [4.69, 9.17) is 28.9 Å². The number of rotatable bonds is 3. The highest BCUT2D eigenvalue weighted by molar-refractivity contribution is 6.35. The number of benzene rings is 1. The Bertz CT molecular complexity index is 895. The minimum atomic E-state index is -0.540. The average molecular weight is 355 g/mol. The number of hydrogen-bond donors (Lipinski definition) is 2. The van der Waals surface area contributed by atoms with Gasteiger partial charge in [-0.05, 0) is 24.6 Å². The molecule has 9 heteroatoms. The van der Waals surface area contributed by atoms with Gasteiger partial charge in [-0.2, -0.15) is 15.1 Å². The molecule has 2 heterocycles. The molecule has 0 fully saturated rings. The van der Waals surface area contributed by atoms with Gasteiger partial charge in [-0.25, -0.2) is 4.39 Å². The quantitative estimate of drug-likeness (QED) is 0.702. The Morgan fingerprint density at radius 2 is 2.00 bits per heavy atom. The lowest BCUT2D eigenvalue weighted by Crippen LogP contribution is -2.12. The largest absolute Gasteiger partial charge is 0.383 e. The number of halogens is 3. The second-order valence-corrected chi connectivity index (χ2v) is 5.91. The van der Waals surface area contributed by atoms with Crippen LogP contribution >= 0.6 is 23.2 Å². The van der Waals surface area contributed by atoms with E-state index in [1.165, 1.54) is 12.1 Å². The maximum absolute atomic E-state index is 13.7. The van der Waals surface area contributed by atoms with Crippen molar-refractivity contribution in [2.75, 3.05) is 11.1 Å². The number of anilines is 2. The van der Waals surface area contributed by atoms with E-state index in [1.54, 1.807) is 17.9 Å². The third kappa shape index (κ3) is 2.89. The Kier molecular flexibility index (Phi) is 3.99. The molecule has 1 unspecified atom stereocenters. The number of nitrogen functional groups attached to an aromatic ring is 1. The predicted octanol–water partition coefficient (Wildman–Crippen LogP) is 3.56. The Labute approximate surface area is 141 Å². The fraction of sp³-hybridized carbons (Fsp3) is 0.214. The minimum absolute atomic E-state index is 0.0252. The molecule has 0 aliphatic carbocycles. The third-order valence-electron chi connectivity index (χ3n) is 3.47. The Morgan fingerprint density at radius 1 is 1.26 bits per heavy atom. The van der Waals surface area contributed by atoms with Crippen molar-refractivity contribution in [3.8, 4) is 0 Å². The van der Waals surface area contributed by atoms with Crippen LogP contribution < -0.4 is 11.1 Å². The standard InChI is InChI=1S/C14H13Cl2FN6/c1-6(7-3-11(17)10(16)4-9(7)15)20-14-21-12(18)8-5-19-23(2)13(8)22-14/h3-6H,1-2H3,(H3,18,20,21,22). The summed E-state index contributed by atoms with van der Waals surface area (Å²) < 4.78 is 15.3. The van der Waals surface area contributed by atoms with E-state index >= 15 is 0 Å². The smallest absolute Gasteiger partial charge is 0.227 e. The molecule has 0 spiro atoms. The molecule has 1 atom stereocenters. The zero-order valence-corrected chi connectivity index (χ0v) is 13.8. The van der Waals surface area contributed by atoms with Gasteiger partial charge in [0.05, 0.1) is 22.6 Å². The van der Waals surface area contributed by atoms with Gasteiger partial charge in [0.25, 0.3) is 0 Å². The molecule has 0 amide bonds. The van der Waals surface area contributed by atoms with Crippen LogP contribution in [-0.2, 0) is 7.05 Å². The summed E-state index contributed by atoms with van der Waals surface area (Å²) in [5, 5.41) is 8.14. The number of hydrogen-bond acceptors (Lipinski definition) is 5. The Morgan fingerprint density at radius 3 is 2.74 bits per heavy atom. The molecule has 1 aromatic carbocycles. The van der Waals surface area contributed by atoms with Crippen LogP contribution in [0.5, 0.6) is 0 Å². The number of fused-ring (bicyclic) bond motifs is 1. The van der Waals surface area contributed by atoms with Crippen molar-refractivity contribution in [2.45, 2.75) is 13.0 Å². The maximum Gasteiger partial charge on any atom is 0.227 e. The summed E-state index contributed by atoms with van der Waals surface area (Å²) in [6.45, 7) is 1.81. The van der Waals surface area contributed by atoms with Gasteiger partial charge in [0.2, 0.25) is 5.95 Å². The molecule has 23 heavy (non-hydrogen) atoms. The highest BCUT2D eigenvalue weighted by Crippen LogP contribution is 2.30. The first-order valence-electron chi connectivity index (χ1n) is 6.73. The zero-order valence-electron chi connectivity index (χ0n) is 12.3. The first-order valence-corrected chi connectivity index (χ1v) is 7.48. The summed E-state index contributed by atoms with van der Waals surface area (Å²) in [5.41, 5.74) is 7.05. The predicted molar refractivity (Wildman–Crippen MR) is 89.2 cm³/mol. The van der Waals surface area contributed by atoms with Gasteiger partial charge in [0, 0.05) is 12.1 Å². The molecule has 0 saturated carbocycles.